The first kappa shape index (κ1) is 13.8. The number of thioether (sulfide) groups is 1. The Kier molecular flexibility index (Phi) is 5.39. The first-order valence-corrected chi connectivity index (χ1v) is 8.22. The minimum absolute atomic E-state index is 0.517. The molecule has 0 aliphatic heterocycles. The summed E-state index contributed by atoms with van der Waals surface area (Å²) in [5.41, 5.74) is 2.94. The summed E-state index contributed by atoms with van der Waals surface area (Å²) >= 11 is 1.82. The third-order valence-electron chi connectivity index (χ3n) is 3.44. The molecular formula is C15H23NOS. The molecule has 1 aliphatic rings. The molecule has 1 N–H and O–H groups in total. The predicted molar refractivity (Wildman–Crippen MR) is 79.7 cm³/mol. The van der Waals surface area contributed by atoms with Gasteiger partial charge in [-0.05, 0) is 55.3 Å². The molecule has 0 aromatic heterocycles. The molecule has 0 fully saturated rings. The first-order chi connectivity index (χ1) is 8.85. The number of nitrogens with one attached hydrogen (secondary N) is 1. The van der Waals surface area contributed by atoms with Crippen molar-refractivity contribution in [2.24, 2.45) is 0 Å². The Hall–Kier alpha value is -0.670. The SMILES string of the molecule is CCNC1CCCc2ccc(OCCSC)cc21. The largest absolute Gasteiger partial charge is 0.493 e. The van der Waals surface area contributed by atoms with Gasteiger partial charge in [-0.15, -0.1) is 0 Å². The minimum atomic E-state index is 0.517. The first-order valence-electron chi connectivity index (χ1n) is 6.83. The smallest absolute Gasteiger partial charge is 0.119 e. The second-order valence-electron chi connectivity index (χ2n) is 4.70. The van der Waals surface area contributed by atoms with Gasteiger partial charge in [0.15, 0.2) is 0 Å². The van der Waals surface area contributed by atoms with E-state index in [9.17, 15) is 0 Å². The summed E-state index contributed by atoms with van der Waals surface area (Å²) in [5.74, 6) is 2.07. The van der Waals surface area contributed by atoms with Crippen molar-refractivity contribution in [3.05, 3.63) is 29.3 Å². The average Bonchev–Trinajstić information content (AvgIpc) is 2.40. The van der Waals surface area contributed by atoms with Gasteiger partial charge in [-0.25, -0.2) is 0 Å². The average molecular weight is 265 g/mol. The fourth-order valence-electron chi connectivity index (χ4n) is 2.57. The van der Waals surface area contributed by atoms with Crippen molar-refractivity contribution in [3.8, 4) is 5.75 Å². The van der Waals surface area contributed by atoms with Crippen LogP contribution in [0.2, 0.25) is 0 Å². The van der Waals surface area contributed by atoms with Gasteiger partial charge in [-0.3, -0.25) is 0 Å². The van der Waals surface area contributed by atoms with Crippen LogP contribution in [0.4, 0.5) is 0 Å². The molecule has 2 rings (SSSR count). The lowest BCUT2D eigenvalue weighted by atomic mass is 9.87. The van der Waals surface area contributed by atoms with Crippen LogP contribution in [0.1, 0.15) is 36.9 Å². The topological polar surface area (TPSA) is 21.3 Å². The molecule has 1 aromatic rings. The third kappa shape index (κ3) is 3.42. The van der Waals surface area contributed by atoms with Crippen LogP contribution in [0, 0.1) is 0 Å². The molecule has 100 valence electrons. The van der Waals surface area contributed by atoms with Gasteiger partial charge < -0.3 is 10.1 Å². The second kappa shape index (κ2) is 7.05. The second-order valence-corrected chi connectivity index (χ2v) is 5.69. The van der Waals surface area contributed by atoms with E-state index in [0.29, 0.717) is 6.04 Å². The number of fused-ring (bicyclic) bond motifs is 1. The summed E-state index contributed by atoms with van der Waals surface area (Å²) in [6.07, 6.45) is 5.85. The van der Waals surface area contributed by atoms with Crippen molar-refractivity contribution in [3.63, 3.8) is 0 Å². The lowest BCUT2D eigenvalue weighted by Crippen LogP contribution is -2.24. The van der Waals surface area contributed by atoms with Crippen LogP contribution >= 0.6 is 11.8 Å². The van der Waals surface area contributed by atoms with Gasteiger partial charge in [0.2, 0.25) is 0 Å². The number of benzene rings is 1. The monoisotopic (exact) mass is 265 g/mol. The highest BCUT2D eigenvalue weighted by atomic mass is 32.2. The standard InChI is InChI=1S/C15H23NOS/c1-3-16-15-6-4-5-12-7-8-13(11-14(12)15)17-9-10-18-2/h7-8,11,15-16H,3-6,9-10H2,1-2H3. The van der Waals surface area contributed by atoms with Crippen molar-refractivity contribution in [2.75, 3.05) is 25.2 Å². The molecule has 3 heteroatoms. The molecule has 0 amide bonds. The summed E-state index contributed by atoms with van der Waals surface area (Å²) in [6, 6.07) is 7.12. The maximum atomic E-state index is 5.79. The summed E-state index contributed by atoms with van der Waals surface area (Å²) in [5, 5.41) is 3.58. The van der Waals surface area contributed by atoms with E-state index < -0.39 is 0 Å². The Balaban J connectivity index is 2.09. The summed E-state index contributed by atoms with van der Waals surface area (Å²) in [6.45, 7) is 4.00. The van der Waals surface area contributed by atoms with Crippen LogP contribution in [-0.2, 0) is 6.42 Å². The number of hydrogen-bond donors (Lipinski definition) is 1. The number of hydrogen-bond acceptors (Lipinski definition) is 3. The van der Waals surface area contributed by atoms with E-state index in [1.807, 2.05) is 11.8 Å². The van der Waals surface area contributed by atoms with Crippen LogP contribution < -0.4 is 10.1 Å². The molecule has 0 bridgehead atoms. The van der Waals surface area contributed by atoms with E-state index in [1.165, 1.54) is 30.4 Å². The Labute approximate surface area is 114 Å². The number of rotatable bonds is 6. The summed E-state index contributed by atoms with van der Waals surface area (Å²) < 4.78 is 5.79. The molecule has 1 aromatic carbocycles. The zero-order valence-electron chi connectivity index (χ0n) is 11.4. The maximum absolute atomic E-state index is 5.79. The molecule has 18 heavy (non-hydrogen) atoms. The molecule has 0 heterocycles. The van der Waals surface area contributed by atoms with E-state index in [2.05, 4.69) is 36.7 Å². The van der Waals surface area contributed by atoms with E-state index in [-0.39, 0.29) is 0 Å². The lowest BCUT2D eigenvalue weighted by molar-refractivity contribution is 0.342. The van der Waals surface area contributed by atoms with Gasteiger partial charge in [-0.2, -0.15) is 11.8 Å². The van der Waals surface area contributed by atoms with Crippen molar-refractivity contribution in [1.82, 2.24) is 5.32 Å². The van der Waals surface area contributed by atoms with Crippen molar-refractivity contribution < 1.29 is 4.74 Å². The van der Waals surface area contributed by atoms with Gasteiger partial charge in [0.1, 0.15) is 5.75 Å². The van der Waals surface area contributed by atoms with Crippen molar-refractivity contribution in [2.45, 2.75) is 32.2 Å². The third-order valence-corrected chi connectivity index (χ3v) is 4.01. The van der Waals surface area contributed by atoms with Gasteiger partial charge in [0.05, 0.1) is 6.61 Å². The molecular weight excluding hydrogens is 242 g/mol. The zero-order chi connectivity index (χ0) is 12.8. The molecule has 1 unspecified atom stereocenters. The lowest BCUT2D eigenvalue weighted by Gasteiger charge is -2.26. The Morgan fingerprint density at radius 1 is 1.44 bits per heavy atom. The van der Waals surface area contributed by atoms with Gasteiger partial charge in [-0.1, -0.05) is 13.0 Å². The van der Waals surface area contributed by atoms with Crippen LogP contribution in [-0.4, -0.2) is 25.2 Å². The molecule has 2 nitrogen and oxygen atoms in total. The van der Waals surface area contributed by atoms with Crippen LogP contribution in [0.25, 0.3) is 0 Å². The maximum Gasteiger partial charge on any atom is 0.119 e. The van der Waals surface area contributed by atoms with E-state index in [1.54, 1.807) is 0 Å². The van der Waals surface area contributed by atoms with E-state index in [0.717, 1.165) is 24.7 Å². The fourth-order valence-corrected chi connectivity index (χ4v) is 2.82. The Bertz CT molecular complexity index is 381. The predicted octanol–water partition coefficient (Wildman–Crippen LogP) is 3.42. The van der Waals surface area contributed by atoms with Gasteiger partial charge in [0, 0.05) is 11.8 Å². The quantitative estimate of drug-likeness (QED) is 0.796. The molecule has 0 saturated heterocycles. The summed E-state index contributed by atoms with van der Waals surface area (Å²) in [4.78, 5) is 0. The molecule has 0 spiro atoms. The number of ether oxygens (including phenoxy) is 1. The Morgan fingerprint density at radius 2 is 2.33 bits per heavy atom. The van der Waals surface area contributed by atoms with Crippen molar-refractivity contribution >= 4 is 11.8 Å². The molecule has 1 aliphatic carbocycles. The van der Waals surface area contributed by atoms with E-state index in [4.69, 9.17) is 4.74 Å². The molecule has 0 radical (unpaired) electrons. The highest BCUT2D eigenvalue weighted by Gasteiger charge is 2.19. The highest BCUT2D eigenvalue weighted by molar-refractivity contribution is 7.98. The zero-order valence-corrected chi connectivity index (χ0v) is 12.2. The Morgan fingerprint density at radius 3 is 3.11 bits per heavy atom. The summed E-state index contributed by atoms with van der Waals surface area (Å²) in [7, 11) is 0. The van der Waals surface area contributed by atoms with Gasteiger partial charge in [0.25, 0.3) is 0 Å². The number of aryl methyl sites for hydroxylation is 1. The van der Waals surface area contributed by atoms with Crippen LogP contribution in [0.15, 0.2) is 18.2 Å². The van der Waals surface area contributed by atoms with Crippen LogP contribution in [0.5, 0.6) is 5.75 Å². The fraction of sp³-hybridized carbons (Fsp3) is 0.600. The highest BCUT2D eigenvalue weighted by Crippen LogP contribution is 2.32. The van der Waals surface area contributed by atoms with Gasteiger partial charge >= 0.3 is 0 Å². The van der Waals surface area contributed by atoms with Crippen molar-refractivity contribution in [1.29, 1.82) is 0 Å². The van der Waals surface area contributed by atoms with E-state index >= 15 is 0 Å². The normalized spacial score (nSPS) is 18.4. The minimum Gasteiger partial charge on any atom is -0.493 e. The molecule has 1 atom stereocenters. The molecule has 0 saturated carbocycles. The van der Waals surface area contributed by atoms with Crippen LogP contribution in [0.3, 0.4) is 0 Å².